The van der Waals surface area contributed by atoms with E-state index in [0.29, 0.717) is 18.2 Å². The number of likely N-dealkylation sites (tertiary alicyclic amines) is 1. The number of rotatable bonds is 7. The Bertz CT molecular complexity index is 422. The van der Waals surface area contributed by atoms with Crippen LogP contribution in [-0.4, -0.2) is 42.6 Å². The topological polar surface area (TPSA) is 42.4 Å². The molecule has 1 fully saturated rings. The molecule has 116 valence electrons. The van der Waals surface area contributed by atoms with Gasteiger partial charge in [0, 0.05) is 45.6 Å². The lowest BCUT2D eigenvalue weighted by Crippen LogP contribution is -2.40. The minimum atomic E-state index is 0.295. The highest BCUT2D eigenvalue weighted by Gasteiger charge is 2.22. The van der Waals surface area contributed by atoms with Crippen molar-refractivity contribution in [3.05, 3.63) is 30.1 Å². The third-order valence-electron chi connectivity index (χ3n) is 4.21. The predicted molar refractivity (Wildman–Crippen MR) is 83.0 cm³/mol. The van der Waals surface area contributed by atoms with Crippen LogP contribution in [0.25, 0.3) is 0 Å². The number of carbonyl (C=O) groups is 1. The lowest BCUT2D eigenvalue weighted by atomic mass is 9.93. The molecule has 2 heterocycles. The van der Waals surface area contributed by atoms with Crippen LogP contribution in [0.1, 0.15) is 37.7 Å². The second kappa shape index (κ2) is 8.78. The highest BCUT2D eigenvalue weighted by Crippen LogP contribution is 2.21. The van der Waals surface area contributed by atoms with Gasteiger partial charge in [0.2, 0.25) is 5.91 Å². The number of ether oxygens (including phenoxy) is 1. The fourth-order valence-corrected chi connectivity index (χ4v) is 3.00. The monoisotopic (exact) mass is 290 g/mol. The molecule has 21 heavy (non-hydrogen) atoms. The molecule has 2 rings (SSSR count). The molecule has 0 N–H and O–H groups in total. The molecule has 1 aliphatic heterocycles. The van der Waals surface area contributed by atoms with Gasteiger partial charge in [0.05, 0.1) is 0 Å². The van der Waals surface area contributed by atoms with Gasteiger partial charge >= 0.3 is 0 Å². The van der Waals surface area contributed by atoms with Crippen molar-refractivity contribution in [2.24, 2.45) is 5.92 Å². The average molecular weight is 290 g/mol. The lowest BCUT2D eigenvalue weighted by Gasteiger charge is -2.33. The Kier molecular flexibility index (Phi) is 6.67. The maximum atomic E-state index is 12.3. The van der Waals surface area contributed by atoms with Crippen LogP contribution in [0, 0.1) is 5.92 Å². The van der Waals surface area contributed by atoms with Gasteiger partial charge in [-0.3, -0.25) is 9.78 Å². The van der Waals surface area contributed by atoms with Crippen LogP contribution in [-0.2, 0) is 16.0 Å². The third kappa shape index (κ3) is 5.46. The molecule has 1 atom stereocenters. The van der Waals surface area contributed by atoms with Gasteiger partial charge in [-0.1, -0.05) is 0 Å². The van der Waals surface area contributed by atoms with Crippen molar-refractivity contribution in [2.75, 3.05) is 26.8 Å². The normalized spacial score (nSPS) is 18.7. The number of methoxy groups -OCH3 is 1. The number of pyridine rings is 1. The van der Waals surface area contributed by atoms with E-state index < -0.39 is 0 Å². The number of aromatic nitrogens is 1. The Balaban J connectivity index is 1.74. The minimum Gasteiger partial charge on any atom is -0.385 e. The van der Waals surface area contributed by atoms with E-state index >= 15 is 0 Å². The zero-order valence-corrected chi connectivity index (χ0v) is 13.0. The van der Waals surface area contributed by atoms with Crippen molar-refractivity contribution in [2.45, 2.75) is 38.5 Å². The van der Waals surface area contributed by atoms with Gasteiger partial charge in [0.15, 0.2) is 0 Å². The second-order valence-electron chi connectivity index (χ2n) is 5.84. The van der Waals surface area contributed by atoms with Crippen LogP contribution in [0.2, 0.25) is 0 Å². The number of aryl methyl sites for hydroxylation is 1. The molecule has 1 aromatic rings. The number of nitrogens with zero attached hydrogens (tertiary/aromatic N) is 2. The molecule has 0 saturated carbocycles. The zero-order chi connectivity index (χ0) is 14.9. The maximum Gasteiger partial charge on any atom is 0.222 e. The molecule has 0 aliphatic carbocycles. The standard InChI is InChI=1S/C17H26N2O2/c1-21-13-3-5-16-4-2-12-19(14-16)17(20)7-6-15-8-10-18-11-9-15/h8-11,16H,2-7,12-14H2,1H3/t16-/m1/s1. The minimum absolute atomic E-state index is 0.295. The summed E-state index contributed by atoms with van der Waals surface area (Å²) >= 11 is 0. The molecule has 0 aromatic carbocycles. The van der Waals surface area contributed by atoms with Crippen LogP contribution in [0.3, 0.4) is 0 Å². The van der Waals surface area contributed by atoms with Crippen LogP contribution in [0.5, 0.6) is 0 Å². The van der Waals surface area contributed by atoms with E-state index in [1.807, 2.05) is 12.1 Å². The van der Waals surface area contributed by atoms with Crippen molar-refractivity contribution in [3.8, 4) is 0 Å². The molecule has 1 aliphatic rings. The number of hydrogen-bond donors (Lipinski definition) is 0. The molecule has 1 amide bonds. The van der Waals surface area contributed by atoms with Crippen LogP contribution in [0.4, 0.5) is 0 Å². The first-order valence-electron chi connectivity index (χ1n) is 7.95. The molecular formula is C17H26N2O2. The molecule has 0 radical (unpaired) electrons. The second-order valence-corrected chi connectivity index (χ2v) is 5.84. The lowest BCUT2D eigenvalue weighted by molar-refractivity contribution is -0.133. The Morgan fingerprint density at radius 2 is 2.24 bits per heavy atom. The summed E-state index contributed by atoms with van der Waals surface area (Å²) in [7, 11) is 1.75. The number of piperidine rings is 1. The van der Waals surface area contributed by atoms with Gasteiger partial charge in [0.1, 0.15) is 0 Å². The first-order valence-corrected chi connectivity index (χ1v) is 7.95. The van der Waals surface area contributed by atoms with Gasteiger partial charge < -0.3 is 9.64 Å². The summed E-state index contributed by atoms with van der Waals surface area (Å²) in [6.07, 6.45) is 9.64. The van der Waals surface area contributed by atoms with Gasteiger partial charge in [-0.25, -0.2) is 0 Å². The summed E-state index contributed by atoms with van der Waals surface area (Å²) < 4.78 is 5.11. The van der Waals surface area contributed by atoms with Crippen LogP contribution in [0.15, 0.2) is 24.5 Å². The zero-order valence-electron chi connectivity index (χ0n) is 13.0. The molecule has 1 aromatic heterocycles. The largest absolute Gasteiger partial charge is 0.385 e. The van der Waals surface area contributed by atoms with E-state index in [1.54, 1.807) is 19.5 Å². The quantitative estimate of drug-likeness (QED) is 0.725. The molecule has 0 bridgehead atoms. The maximum absolute atomic E-state index is 12.3. The molecule has 1 saturated heterocycles. The summed E-state index contributed by atoms with van der Waals surface area (Å²) in [5, 5.41) is 0. The summed E-state index contributed by atoms with van der Waals surface area (Å²) in [6.45, 7) is 2.68. The highest BCUT2D eigenvalue weighted by atomic mass is 16.5. The van der Waals surface area contributed by atoms with Gasteiger partial charge in [0.25, 0.3) is 0 Å². The third-order valence-corrected chi connectivity index (χ3v) is 4.21. The van der Waals surface area contributed by atoms with Crippen molar-refractivity contribution in [1.29, 1.82) is 0 Å². The van der Waals surface area contributed by atoms with Crippen molar-refractivity contribution >= 4 is 5.91 Å². The van der Waals surface area contributed by atoms with Crippen LogP contribution < -0.4 is 0 Å². The van der Waals surface area contributed by atoms with Crippen molar-refractivity contribution in [1.82, 2.24) is 9.88 Å². The average Bonchev–Trinajstić information content (AvgIpc) is 2.54. The molecule has 0 unspecified atom stereocenters. The molecule has 4 heteroatoms. The summed E-state index contributed by atoms with van der Waals surface area (Å²) in [5.74, 6) is 0.946. The molecular weight excluding hydrogens is 264 g/mol. The Hall–Kier alpha value is -1.42. The van der Waals surface area contributed by atoms with E-state index in [-0.39, 0.29) is 0 Å². The Labute approximate surface area is 127 Å². The number of amides is 1. The first kappa shape index (κ1) is 16.0. The predicted octanol–water partition coefficient (Wildman–Crippen LogP) is 2.68. The highest BCUT2D eigenvalue weighted by molar-refractivity contribution is 5.76. The van der Waals surface area contributed by atoms with Gasteiger partial charge in [-0.15, -0.1) is 0 Å². The van der Waals surface area contributed by atoms with E-state index in [0.717, 1.165) is 39.0 Å². The van der Waals surface area contributed by atoms with E-state index in [9.17, 15) is 4.79 Å². The van der Waals surface area contributed by atoms with Gasteiger partial charge in [-0.2, -0.15) is 0 Å². The van der Waals surface area contributed by atoms with Gasteiger partial charge in [-0.05, 0) is 55.7 Å². The van der Waals surface area contributed by atoms with Crippen LogP contribution >= 0.6 is 0 Å². The smallest absolute Gasteiger partial charge is 0.222 e. The number of carbonyl (C=O) groups excluding carboxylic acids is 1. The van der Waals surface area contributed by atoms with E-state index in [4.69, 9.17) is 4.74 Å². The Morgan fingerprint density at radius 3 is 3.00 bits per heavy atom. The van der Waals surface area contributed by atoms with E-state index in [2.05, 4.69) is 9.88 Å². The first-order chi connectivity index (χ1) is 10.3. The fourth-order valence-electron chi connectivity index (χ4n) is 3.00. The molecule has 0 spiro atoms. The fraction of sp³-hybridized carbons (Fsp3) is 0.647. The SMILES string of the molecule is COCCC[C@H]1CCCN(C(=O)CCc2ccncc2)C1. The Morgan fingerprint density at radius 1 is 1.43 bits per heavy atom. The summed E-state index contributed by atoms with van der Waals surface area (Å²) in [4.78, 5) is 18.4. The van der Waals surface area contributed by atoms with Crippen molar-refractivity contribution in [3.63, 3.8) is 0 Å². The summed E-state index contributed by atoms with van der Waals surface area (Å²) in [6, 6.07) is 3.97. The van der Waals surface area contributed by atoms with E-state index in [1.165, 1.54) is 18.4 Å². The van der Waals surface area contributed by atoms with Crippen molar-refractivity contribution < 1.29 is 9.53 Å². The molecule has 4 nitrogen and oxygen atoms in total. The number of hydrogen-bond acceptors (Lipinski definition) is 3. The summed E-state index contributed by atoms with van der Waals surface area (Å²) in [5.41, 5.74) is 1.19.